The number of carbonyl (C=O) groups is 1. The summed E-state index contributed by atoms with van der Waals surface area (Å²) in [4.78, 5) is 10.3. The number of carboxylic acid groups (broad SMARTS) is 1. The number of unbranched alkanes of at least 4 members (excludes halogenated alkanes) is 1. The Bertz CT molecular complexity index is 384. The van der Waals surface area contributed by atoms with E-state index in [-0.39, 0.29) is 6.42 Å². The lowest BCUT2D eigenvalue weighted by Gasteiger charge is -2.10. The van der Waals surface area contributed by atoms with Crippen molar-refractivity contribution < 1.29 is 14.6 Å². The Morgan fingerprint density at radius 3 is 2.29 bits per heavy atom. The van der Waals surface area contributed by atoms with Crippen LogP contribution in [0.5, 0.6) is 5.75 Å². The number of halogens is 3. The topological polar surface area (TPSA) is 46.5 Å². The molecule has 1 aromatic carbocycles. The van der Waals surface area contributed by atoms with Gasteiger partial charge in [0, 0.05) is 9.99 Å². The third kappa shape index (κ3) is 5.90. The van der Waals surface area contributed by atoms with Crippen LogP contribution in [0.3, 0.4) is 0 Å². The van der Waals surface area contributed by atoms with Crippen molar-refractivity contribution in [3.8, 4) is 5.75 Å². The van der Waals surface area contributed by atoms with Crippen molar-refractivity contribution in [3.63, 3.8) is 0 Å². The highest BCUT2D eigenvalue weighted by Crippen LogP contribution is 2.29. The Labute approximate surface area is 141 Å². The molecule has 1 aromatic rings. The van der Waals surface area contributed by atoms with Gasteiger partial charge in [0.2, 0.25) is 0 Å². The molecule has 0 aliphatic rings. The van der Waals surface area contributed by atoms with Crippen molar-refractivity contribution in [3.05, 3.63) is 22.8 Å². The molecule has 0 aromatic heterocycles. The van der Waals surface area contributed by atoms with Gasteiger partial charge in [0.1, 0.15) is 5.75 Å². The van der Waals surface area contributed by atoms with E-state index in [9.17, 15) is 4.79 Å². The first-order valence-electron chi connectivity index (χ1n) is 5.00. The second kappa shape index (κ2) is 7.97. The van der Waals surface area contributed by atoms with Crippen LogP contribution in [0.4, 0.5) is 0 Å². The van der Waals surface area contributed by atoms with Crippen LogP contribution in [0.2, 0.25) is 0 Å². The largest absolute Gasteiger partial charge is 0.491 e. The first-order chi connectivity index (χ1) is 8.00. The minimum Gasteiger partial charge on any atom is -0.491 e. The van der Waals surface area contributed by atoms with Crippen LogP contribution in [0.15, 0.2) is 12.1 Å². The van der Waals surface area contributed by atoms with Crippen molar-refractivity contribution in [1.82, 2.24) is 0 Å². The molecule has 94 valence electrons. The zero-order chi connectivity index (χ0) is 12.8. The standard InChI is InChI=1S/C11H11I3O3/c12-7-5-8(13)11(9(14)6-7)17-4-2-1-3-10(15)16/h5-6H,1-4H2,(H,15,16). The average molecular weight is 572 g/mol. The maximum Gasteiger partial charge on any atom is 0.303 e. The van der Waals surface area contributed by atoms with Gasteiger partial charge in [0.05, 0.1) is 13.7 Å². The number of rotatable bonds is 6. The molecule has 0 amide bonds. The van der Waals surface area contributed by atoms with Crippen LogP contribution < -0.4 is 4.74 Å². The van der Waals surface area contributed by atoms with Crippen LogP contribution in [0, 0.1) is 10.7 Å². The number of carboxylic acids is 1. The van der Waals surface area contributed by atoms with E-state index < -0.39 is 5.97 Å². The Hall–Kier alpha value is 0.680. The molecule has 0 aliphatic heterocycles. The summed E-state index contributed by atoms with van der Waals surface area (Å²) in [5.74, 6) is 0.158. The summed E-state index contributed by atoms with van der Waals surface area (Å²) < 4.78 is 9.07. The Morgan fingerprint density at radius 2 is 1.76 bits per heavy atom. The number of hydrogen-bond acceptors (Lipinski definition) is 2. The van der Waals surface area contributed by atoms with Gasteiger partial charge in [-0.05, 0) is 92.7 Å². The second-order valence-corrected chi connectivity index (χ2v) is 6.97. The highest BCUT2D eigenvalue weighted by atomic mass is 127. The van der Waals surface area contributed by atoms with Gasteiger partial charge in [-0.25, -0.2) is 0 Å². The molecular formula is C11H11I3O3. The van der Waals surface area contributed by atoms with E-state index in [1.165, 1.54) is 3.57 Å². The summed E-state index contributed by atoms with van der Waals surface area (Å²) in [5, 5.41) is 8.50. The molecule has 0 radical (unpaired) electrons. The lowest BCUT2D eigenvalue weighted by Crippen LogP contribution is -2.02. The second-order valence-electron chi connectivity index (χ2n) is 3.40. The van der Waals surface area contributed by atoms with Crippen molar-refractivity contribution >= 4 is 73.7 Å². The molecule has 0 bridgehead atoms. The quantitative estimate of drug-likeness (QED) is 0.413. The van der Waals surface area contributed by atoms with Gasteiger partial charge in [0.15, 0.2) is 0 Å². The van der Waals surface area contributed by atoms with Crippen LogP contribution in [0.25, 0.3) is 0 Å². The molecule has 0 fully saturated rings. The van der Waals surface area contributed by atoms with Gasteiger partial charge in [0.25, 0.3) is 0 Å². The predicted octanol–water partition coefficient (Wildman–Crippen LogP) is 4.13. The summed E-state index contributed by atoms with van der Waals surface area (Å²) >= 11 is 6.78. The monoisotopic (exact) mass is 572 g/mol. The first-order valence-corrected chi connectivity index (χ1v) is 8.23. The molecule has 0 atom stereocenters. The minimum absolute atomic E-state index is 0.213. The van der Waals surface area contributed by atoms with Gasteiger partial charge in [-0.1, -0.05) is 0 Å². The molecule has 1 rings (SSSR count). The van der Waals surface area contributed by atoms with Crippen molar-refractivity contribution in [2.24, 2.45) is 0 Å². The highest BCUT2D eigenvalue weighted by molar-refractivity contribution is 14.1. The number of hydrogen-bond donors (Lipinski definition) is 1. The molecule has 0 saturated carbocycles. The third-order valence-corrected chi connectivity index (χ3v) is 4.22. The zero-order valence-electron chi connectivity index (χ0n) is 8.88. The molecule has 0 saturated heterocycles. The van der Waals surface area contributed by atoms with Gasteiger partial charge in [-0.3, -0.25) is 4.79 Å². The Balaban J connectivity index is 2.44. The summed E-state index contributed by atoms with van der Waals surface area (Å²) in [7, 11) is 0. The molecule has 0 aliphatic carbocycles. The van der Waals surface area contributed by atoms with Gasteiger partial charge >= 0.3 is 5.97 Å². The fourth-order valence-corrected chi connectivity index (χ4v) is 5.11. The minimum atomic E-state index is -0.747. The van der Waals surface area contributed by atoms with E-state index in [0.29, 0.717) is 13.0 Å². The lowest BCUT2D eigenvalue weighted by molar-refractivity contribution is -0.137. The van der Waals surface area contributed by atoms with Crippen LogP contribution in [-0.2, 0) is 4.79 Å². The van der Waals surface area contributed by atoms with Crippen molar-refractivity contribution in [2.75, 3.05) is 6.61 Å². The molecule has 1 N–H and O–H groups in total. The molecule has 0 unspecified atom stereocenters. The average Bonchev–Trinajstić information content (AvgIpc) is 2.20. The van der Waals surface area contributed by atoms with Gasteiger partial charge in [-0.2, -0.15) is 0 Å². The van der Waals surface area contributed by atoms with Crippen molar-refractivity contribution in [2.45, 2.75) is 19.3 Å². The first kappa shape index (κ1) is 15.7. The maximum absolute atomic E-state index is 10.3. The molecule has 3 nitrogen and oxygen atoms in total. The van der Waals surface area contributed by atoms with Crippen molar-refractivity contribution in [1.29, 1.82) is 0 Å². The molecule has 0 spiro atoms. The summed E-state index contributed by atoms with van der Waals surface area (Å²) in [5.41, 5.74) is 0. The van der Waals surface area contributed by atoms with E-state index in [1.54, 1.807) is 0 Å². The fourth-order valence-electron chi connectivity index (χ4n) is 1.22. The summed E-state index contributed by atoms with van der Waals surface area (Å²) in [6, 6.07) is 4.13. The van der Waals surface area contributed by atoms with E-state index >= 15 is 0 Å². The highest BCUT2D eigenvalue weighted by Gasteiger charge is 2.07. The van der Waals surface area contributed by atoms with Crippen LogP contribution in [-0.4, -0.2) is 17.7 Å². The van der Waals surface area contributed by atoms with Gasteiger partial charge in [-0.15, -0.1) is 0 Å². The molecule has 0 heterocycles. The molecule has 17 heavy (non-hydrogen) atoms. The Kier molecular flexibility index (Phi) is 7.38. The molecule has 6 heteroatoms. The van der Waals surface area contributed by atoms with Gasteiger partial charge < -0.3 is 9.84 Å². The third-order valence-electron chi connectivity index (χ3n) is 1.99. The van der Waals surface area contributed by atoms with E-state index in [2.05, 4.69) is 79.9 Å². The fraction of sp³-hybridized carbons (Fsp3) is 0.364. The maximum atomic E-state index is 10.3. The van der Waals surface area contributed by atoms with E-state index in [0.717, 1.165) is 19.3 Å². The summed E-state index contributed by atoms with van der Waals surface area (Å²) in [6.07, 6.45) is 1.64. The van der Waals surface area contributed by atoms with Crippen LogP contribution in [0.1, 0.15) is 19.3 Å². The lowest BCUT2D eigenvalue weighted by atomic mass is 10.2. The van der Waals surface area contributed by atoms with Crippen LogP contribution >= 0.6 is 67.8 Å². The number of aliphatic carboxylic acids is 1. The normalized spacial score (nSPS) is 10.3. The molecular weight excluding hydrogens is 561 g/mol. The smallest absolute Gasteiger partial charge is 0.303 e. The Morgan fingerprint density at radius 1 is 1.18 bits per heavy atom. The summed E-state index contributed by atoms with van der Waals surface area (Å²) in [6.45, 7) is 0.569. The zero-order valence-corrected chi connectivity index (χ0v) is 15.4. The van der Waals surface area contributed by atoms with E-state index in [4.69, 9.17) is 9.84 Å². The number of benzene rings is 1. The number of ether oxygens (including phenoxy) is 1. The van der Waals surface area contributed by atoms with E-state index in [1.807, 2.05) is 0 Å². The predicted molar refractivity (Wildman–Crippen MR) is 91.6 cm³/mol. The SMILES string of the molecule is O=C(O)CCCCOc1c(I)cc(I)cc1I.